The van der Waals surface area contributed by atoms with Gasteiger partial charge < -0.3 is 14.6 Å². The van der Waals surface area contributed by atoms with Crippen LogP contribution in [0.3, 0.4) is 0 Å². The van der Waals surface area contributed by atoms with Crippen molar-refractivity contribution in [2.75, 3.05) is 13.2 Å². The fraction of sp³-hybridized carbons (Fsp3) is 0.625. The molecule has 2 aliphatic heterocycles. The summed E-state index contributed by atoms with van der Waals surface area (Å²) < 4.78 is 62.4. The van der Waals surface area contributed by atoms with Crippen molar-refractivity contribution in [3.05, 3.63) is 29.1 Å². The molecule has 0 aliphatic carbocycles. The van der Waals surface area contributed by atoms with Crippen molar-refractivity contribution < 1.29 is 32.1 Å². The number of rotatable bonds is 3. The van der Waals surface area contributed by atoms with Gasteiger partial charge in [0.2, 0.25) is 0 Å². The number of aliphatic hydroxyl groups is 1. The van der Waals surface area contributed by atoms with Crippen molar-refractivity contribution in [3.63, 3.8) is 0 Å². The van der Waals surface area contributed by atoms with Gasteiger partial charge in [-0.05, 0) is 19.1 Å². The van der Waals surface area contributed by atoms with Gasteiger partial charge in [-0.3, -0.25) is 0 Å². The second-order valence-corrected chi connectivity index (χ2v) is 5.77. The third-order valence-corrected chi connectivity index (χ3v) is 3.97. The van der Waals surface area contributed by atoms with E-state index in [1.165, 1.54) is 13.0 Å². The Morgan fingerprint density at radius 1 is 1.26 bits per heavy atom. The highest BCUT2D eigenvalue weighted by molar-refractivity contribution is 5.47. The fourth-order valence-electron chi connectivity index (χ4n) is 2.77. The third kappa shape index (κ3) is 3.30. The van der Waals surface area contributed by atoms with E-state index < -0.39 is 36.2 Å². The lowest BCUT2D eigenvalue weighted by Gasteiger charge is -2.29. The fourth-order valence-corrected chi connectivity index (χ4v) is 2.77. The zero-order chi connectivity index (χ0) is 17.5. The number of hydrogen-bond donors (Lipinski definition) is 1. The summed E-state index contributed by atoms with van der Waals surface area (Å²) in [6.07, 6.45) is -4.80. The lowest BCUT2D eigenvalue weighted by molar-refractivity contribution is -0.198. The first-order chi connectivity index (χ1) is 10.6. The molecular formula is C16H20F4O3. The van der Waals surface area contributed by atoms with Crippen molar-refractivity contribution in [2.24, 2.45) is 0 Å². The Labute approximate surface area is 132 Å². The second kappa shape index (κ2) is 5.94. The molecule has 23 heavy (non-hydrogen) atoms. The molecule has 1 aromatic carbocycles. The minimum atomic E-state index is -4.58. The van der Waals surface area contributed by atoms with Crippen LogP contribution < -0.4 is 4.74 Å². The Kier molecular flexibility index (Phi) is 4.65. The van der Waals surface area contributed by atoms with Crippen LogP contribution in [-0.4, -0.2) is 30.1 Å². The summed E-state index contributed by atoms with van der Waals surface area (Å²) in [5.41, 5.74) is -3.66. The number of hydrogen-bond acceptors (Lipinski definition) is 3. The zero-order valence-electron chi connectivity index (χ0n) is 13.3. The third-order valence-electron chi connectivity index (χ3n) is 3.97. The monoisotopic (exact) mass is 336 g/mol. The molecule has 7 heteroatoms. The number of ether oxygens (including phenoxy) is 2. The van der Waals surface area contributed by atoms with Gasteiger partial charge in [-0.1, -0.05) is 13.8 Å². The van der Waals surface area contributed by atoms with Crippen molar-refractivity contribution >= 4 is 0 Å². The molecule has 0 radical (unpaired) electrons. The highest BCUT2D eigenvalue weighted by atomic mass is 19.4. The SMILES string of the molecule is CC.CC(O)(C[C@@]1(C(F)(F)F)CO1)c1cc(F)cc2c1OCC2. The summed E-state index contributed by atoms with van der Waals surface area (Å²) in [5, 5.41) is 10.5. The maximum atomic E-state index is 13.6. The first-order valence-corrected chi connectivity index (χ1v) is 7.53. The van der Waals surface area contributed by atoms with Crippen LogP contribution in [0.2, 0.25) is 0 Å². The van der Waals surface area contributed by atoms with Crippen molar-refractivity contribution in [2.45, 2.75) is 51.0 Å². The number of alkyl halides is 3. The molecule has 3 rings (SSSR count). The minimum absolute atomic E-state index is 0.0362. The smallest absolute Gasteiger partial charge is 0.419 e. The molecule has 2 aliphatic rings. The first-order valence-electron chi connectivity index (χ1n) is 7.53. The van der Waals surface area contributed by atoms with Crippen LogP contribution >= 0.6 is 0 Å². The molecule has 0 amide bonds. The van der Waals surface area contributed by atoms with E-state index in [-0.39, 0.29) is 11.3 Å². The predicted octanol–water partition coefficient (Wildman–Crippen LogP) is 3.72. The molecule has 0 saturated carbocycles. The molecule has 3 nitrogen and oxygen atoms in total. The molecule has 0 bridgehead atoms. The quantitative estimate of drug-likeness (QED) is 0.676. The van der Waals surface area contributed by atoms with Crippen LogP contribution in [0.25, 0.3) is 0 Å². The standard InChI is InChI=1S/C14H14F4O3.C2H6/c1-12(19,6-13(7-21-13)14(16,17)18)10-5-9(15)4-8-2-3-20-11(8)10;1-2/h4-5,19H,2-3,6-7H2,1H3;1-2H3/t12?,13-;/m0./s1. The molecule has 2 atom stereocenters. The second-order valence-electron chi connectivity index (χ2n) is 5.77. The Bertz CT molecular complexity index is 577. The van der Waals surface area contributed by atoms with Crippen LogP contribution in [0.1, 0.15) is 38.3 Å². The van der Waals surface area contributed by atoms with E-state index in [4.69, 9.17) is 4.74 Å². The van der Waals surface area contributed by atoms with Crippen LogP contribution in [0.4, 0.5) is 17.6 Å². The summed E-state index contributed by atoms with van der Waals surface area (Å²) in [6, 6.07) is 2.30. The van der Waals surface area contributed by atoms with Crippen LogP contribution in [0, 0.1) is 5.82 Å². The van der Waals surface area contributed by atoms with Crippen LogP contribution in [-0.2, 0) is 16.8 Å². The Balaban J connectivity index is 0.000000924. The largest absolute Gasteiger partial charge is 0.493 e. The number of halogens is 4. The first kappa shape index (κ1) is 18.0. The molecule has 1 saturated heterocycles. The maximum absolute atomic E-state index is 13.6. The Hall–Kier alpha value is -1.34. The number of epoxide rings is 1. The van der Waals surface area contributed by atoms with Gasteiger partial charge in [0.15, 0.2) is 5.60 Å². The summed E-state index contributed by atoms with van der Waals surface area (Å²) in [5.74, 6) is -0.327. The van der Waals surface area contributed by atoms with Gasteiger partial charge in [-0.25, -0.2) is 4.39 Å². The van der Waals surface area contributed by atoms with Crippen LogP contribution in [0.5, 0.6) is 5.75 Å². The van der Waals surface area contributed by atoms with Gasteiger partial charge in [-0.15, -0.1) is 0 Å². The topological polar surface area (TPSA) is 42.0 Å². The van der Waals surface area contributed by atoms with Gasteiger partial charge in [-0.2, -0.15) is 13.2 Å². The summed E-state index contributed by atoms with van der Waals surface area (Å²) in [7, 11) is 0. The van der Waals surface area contributed by atoms with E-state index in [9.17, 15) is 22.7 Å². The van der Waals surface area contributed by atoms with Gasteiger partial charge in [0.05, 0.1) is 18.8 Å². The van der Waals surface area contributed by atoms with Crippen molar-refractivity contribution in [3.8, 4) is 5.75 Å². The predicted molar refractivity (Wildman–Crippen MR) is 75.9 cm³/mol. The molecule has 2 heterocycles. The van der Waals surface area contributed by atoms with E-state index >= 15 is 0 Å². The molecule has 0 aromatic heterocycles. The van der Waals surface area contributed by atoms with Crippen LogP contribution in [0.15, 0.2) is 12.1 Å². The van der Waals surface area contributed by atoms with Gasteiger partial charge in [0, 0.05) is 24.0 Å². The average Bonchev–Trinajstić information content (AvgIpc) is 3.09. The normalized spacial score (nSPS) is 24.9. The highest BCUT2D eigenvalue weighted by Crippen LogP contribution is 2.52. The van der Waals surface area contributed by atoms with Crippen molar-refractivity contribution in [1.29, 1.82) is 0 Å². The highest BCUT2D eigenvalue weighted by Gasteiger charge is 2.67. The van der Waals surface area contributed by atoms with Gasteiger partial charge in [0.25, 0.3) is 0 Å². The zero-order valence-corrected chi connectivity index (χ0v) is 13.3. The molecule has 1 N–H and O–H groups in total. The summed E-state index contributed by atoms with van der Waals surface area (Å²) in [4.78, 5) is 0. The molecule has 0 spiro atoms. The minimum Gasteiger partial charge on any atom is -0.493 e. The Morgan fingerprint density at radius 3 is 2.39 bits per heavy atom. The Morgan fingerprint density at radius 2 is 1.87 bits per heavy atom. The summed E-state index contributed by atoms with van der Waals surface area (Å²) >= 11 is 0. The molecule has 1 aromatic rings. The molecule has 1 fully saturated rings. The van der Waals surface area contributed by atoms with E-state index in [1.54, 1.807) is 0 Å². The molecule has 130 valence electrons. The van der Waals surface area contributed by atoms with Gasteiger partial charge in [0.1, 0.15) is 11.6 Å². The number of fused-ring (bicyclic) bond motifs is 1. The molecule has 1 unspecified atom stereocenters. The lowest BCUT2D eigenvalue weighted by Crippen LogP contribution is -2.40. The summed E-state index contributed by atoms with van der Waals surface area (Å²) in [6.45, 7) is 5.05. The van der Waals surface area contributed by atoms with E-state index in [2.05, 4.69) is 4.74 Å². The van der Waals surface area contributed by atoms with E-state index in [1.807, 2.05) is 13.8 Å². The van der Waals surface area contributed by atoms with E-state index in [0.717, 1.165) is 6.07 Å². The maximum Gasteiger partial charge on any atom is 0.419 e. The molecular weight excluding hydrogens is 316 g/mol. The average molecular weight is 336 g/mol. The van der Waals surface area contributed by atoms with Crippen molar-refractivity contribution in [1.82, 2.24) is 0 Å². The van der Waals surface area contributed by atoms with Gasteiger partial charge >= 0.3 is 6.18 Å². The van der Waals surface area contributed by atoms with E-state index in [0.29, 0.717) is 18.6 Å². The lowest BCUT2D eigenvalue weighted by atomic mass is 9.84. The number of benzene rings is 1.